The fraction of sp³-hybridized carbons (Fsp3) is 0.0500. The third kappa shape index (κ3) is 1.99. The van der Waals surface area contributed by atoms with Gasteiger partial charge in [0.25, 0.3) is 0 Å². The van der Waals surface area contributed by atoms with Gasteiger partial charge >= 0.3 is 5.97 Å². The van der Waals surface area contributed by atoms with Crippen LogP contribution in [0.5, 0.6) is 0 Å². The summed E-state index contributed by atoms with van der Waals surface area (Å²) in [6.45, 7) is 0. The molecule has 0 spiro atoms. The van der Waals surface area contributed by atoms with Crippen molar-refractivity contribution in [1.29, 1.82) is 0 Å². The van der Waals surface area contributed by atoms with Crippen molar-refractivity contribution in [1.82, 2.24) is 0 Å². The highest BCUT2D eigenvalue weighted by molar-refractivity contribution is 7.32. The summed E-state index contributed by atoms with van der Waals surface area (Å²) in [5.41, 5.74) is 0. The van der Waals surface area contributed by atoms with Gasteiger partial charge in [-0.2, -0.15) is 0 Å². The molecule has 0 fully saturated rings. The smallest absolute Gasteiger partial charge is 0.349 e. The maximum atomic E-state index is 12.2. The van der Waals surface area contributed by atoms with Gasteiger partial charge in [0, 0.05) is 20.9 Å². The molecule has 0 N–H and O–H groups in total. The maximum Gasteiger partial charge on any atom is 0.349 e. The van der Waals surface area contributed by atoms with Gasteiger partial charge in [0.05, 0.1) is 21.5 Å². The number of hydrogen-bond acceptors (Lipinski definition) is 4. The van der Waals surface area contributed by atoms with Crippen molar-refractivity contribution in [2.24, 2.45) is 0 Å². The Labute approximate surface area is 156 Å². The lowest BCUT2D eigenvalue weighted by molar-refractivity contribution is 0.0606. The molecular weight excluding hydrogens is 372 g/mol. The van der Waals surface area contributed by atoms with E-state index >= 15 is 0 Å². The van der Waals surface area contributed by atoms with Gasteiger partial charge in [0.2, 0.25) is 0 Å². The third-order valence-corrected chi connectivity index (χ3v) is 7.48. The van der Waals surface area contributed by atoms with E-state index in [1.165, 1.54) is 44.0 Å². The summed E-state index contributed by atoms with van der Waals surface area (Å²) < 4.78 is 8.39. The first-order valence-corrected chi connectivity index (χ1v) is 9.74. The van der Waals surface area contributed by atoms with Crippen molar-refractivity contribution in [3.05, 3.63) is 58.4 Å². The Hall–Kier alpha value is -2.14. The highest BCUT2D eigenvalue weighted by atomic mass is 35.5. The van der Waals surface area contributed by atoms with Crippen molar-refractivity contribution in [3.63, 3.8) is 0 Å². The minimum Gasteiger partial charge on any atom is -0.465 e. The Morgan fingerprint density at radius 2 is 1.48 bits per heavy atom. The molecule has 0 aliphatic heterocycles. The molecule has 0 amide bonds. The zero-order chi connectivity index (χ0) is 17.1. The van der Waals surface area contributed by atoms with Gasteiger partial charge < -0.3 is 4.74 Å². The number of halogens is 1. The van der Waals surface area contributed by atoms with Crippen LogP contribution in [0.3, 0.4) is 0 Å². The molecule has 0 radical (unpaired) electrons. The highest BCUT2D eigenvalue weighted by Crippen LogP contribution is 2.49. The quantitative estimate of drug-likeness (QED) is 0.296. The zero-order valence-corrected chi connectivity index (χ0v) is 15.5. The summed E-state index contributed by atoms with van der Waals surface area (Å²) in [4.78, 5) is 12.6. The lowest BCUT2D eigenvalue weighted by Crippen LogP contribution is -1.97. The van der Waals surface area contributed by atoms with Crippen LogP contribution in [0.15, 0.2) is 48.5 Å². The first-order valence-electron chi connectivity index (χ1n) is 7.73. The van der Waals surface area contributed by atoms with Gasteiger partial charge in [-0.1, -0.05) is 54.1 Å². The molecule has 25 heavy (non-hydrogen) atoms. The predicted octanol–water partition coefficient (Wildman–Crippen LogP) is 6.86. The lowest BCUT2D eigenvalue weighted by atomic mass is 10.0. The Morgan fingerprint density at radius 3 is 2.20 bits per heavy atom. The second-order valence-electron chi connectivity index (χ2n) is 5.79. The van der Waals surface area contributed by atoms with Crippen LogP contribution in [0.25, 0.3) is 41.0 Å². The Morgan fingerprint density at radius 1 is 0.880 bits per heavy atom. The van der Waals surface area contributed by atoms with E-state index in [0.29, 0.717) is 9.90 Å². The summed E-state index contributed by atoms with van der Waals surface area (Å²) in [5.74, 6) is -0.385. The largest absolute Gasteiger partial charge is 0.465 e. The summed E-state index contributed by atoms with van der Waals surface area (Å²) in [6.07, 6.45) is 0. The Kier molecular flexibility index (Phi) is 3.29. The van der Waals surface area contributed by atoms with Crippen LogP contribution in [-0.2, 0) is 4.74 Å². The van der Waals surface area contributed by atoms with Gasteiger partial charge in [-0.25, -0.2) is 4.79 Å². The molecule has 5 rings (SSSR count). The number of rotatable bonds is 1. The molecular formula is C20H11ClO2S2. The van der Waals surface area contributed by atoms with Crippen LogP contribution >= 0.6 is 34.3 Å². The standard InChI is InChI=1S/C20H11ClO2S2/c1-23-20(22)19-16(21)15-11-7-3-2-6-10(11)14-12-8-4-5-9-13(12)24-17(14)18(15)25-19/h2-9H,1H3. The van der Waals surface area contributed by atoms with Crippen LogP contribution in [0.4, 0.5) is 0 Å². The van der Waals surface area contributed by atoms with Crippen LogP contribution < -0.4 is 0 Å². The van der Waals surface area contributed by atoms with Crippen molar-refractivity contribution in [2.75, 3.05) is 7.11 Å². The monoisotopic (exact) mass is 382 g/mol. The average Bonchev–Trinajstić information content (AvgIpc) is 3.20. The third-order valence-electron chi connectivity index (χ3n) is 4.49. The number of fused-ring (bicyclic) bond motifs is 8. The summed E-state index contributed by atoms with van der Waals surface area (Å²) in [5, 5.41) is 6.15. The van der Waals surface area contributed by atoms with E-state index in [2.05, 4.69) is 36.4 Å². The second-order valence-corrected chi connectivity index (χ2v) is 8.24. The molecule has 2 nitrogen and oxygen atoms in total. The number of carbonyl (C=O) groups is 1. The highest BCUT2D eigenvalue weighted by Gasteiger charge is 2.23. The summed E-state index contributed by atoms with van der Waals surface area (Å²) >= 11 is 9.79. The van der Waals surface area contributed by atoms with E-state index in [0.717, 1.165) is 15.5 Å². The molecule has 5 heteroatoms. The van der Waals surface area contributed by atoms with Gasteiger partial charge in [-0.3, -0.25) is 0 Å². The molecule has 0 bridgehead atoms. The van der Waals surface area contributed by atoms with E-state index in [1.807, 2.05) is 12.1 Å². The average molecular weight is 383 g/mol. The van der Waals surface area contributed by atoms with E-state index in [4.69, 9.17) is 16.3 Å². The minimum atomic E-state index is -0.385. The number of ether oxygens (including phenoxy) is 1. The number of methoxy groups -OCH3 is 1. The van der Waals surface area contributed by atoms with Gasteiger partial charge in [-0.05, 0) is 16.8 Å². The van der Waals surface area contributed by atoms with Crippen molar-refractivity contribution < 1.29 is 9.53 Å². The first kappa shape index (κ1) is 15.1. The number of benzene rings is 3. The maximum absolute atomic E-state index is 12.2. The van der Waals surface area contributed by atoms with Crippen molar-refractivity contribution in [2.45, 2.75) is 0 Å². The summed E-state index contributed by atoms with van der Waals surface area (Å²) in [6, 6.07) is 16.7. The molecule has 0 saturated heterocycles. The van der Waals surface area contributed by atoms with Gasteiger partial charge in [-0.15, -0.1) is 22.7 Å². The molecule has 0 aliphatic carbocycles. The molecule has 0 aliphatic rings. The molecule has 0 atom stereocenters. The van der Waals surface area contributed by atoms with Crippen molar-refractivity contribution in [3.8, 4) is 0 Å². The lowest BCUT2D eigenvalue weighted by Gasteiger charge is -2.04. The van der Waals surface area contributed by atoms with Crippen molar-refractivity contribution >= 4 is 81.3 Å². The zero-order valence-electron chi connectivity index (χ0n) is 13.1. The Balaban J connectivity index is 2.13. The molecule has 5 aromatic rings. The van der Waals surface area contributed by atoms with E-state index in [1.54, 1.807) is 11.3 Å². The fourth-order valence-electron chi connectivity index (χ4n) is 3.43. The van der Waals surface area contributed by atoms with E-state index < -0.39 is 0 Å². The minimum absolute atomic E-state index is 0.385. The van der Waals surface area contributed by atoms with Gasteiger partial charge in [0.1, 0.15) is 4.88 Å². The predicted molar refractivity (Wildman–Crippen MR) is 109 cm³/mol. The summed E-state index contributed by atoms with van der Waals surface area (Å²) in [7, 11) is 1.39. The normalized spacial score (nSPS) is 11.8. The van der Waals surface area contributed by atoms with E-state index in [-0.39, 0.29) is 5.97 Å². The number of esters is 1. The molecule has 0 saturated carbocycles. The van der Waals surface area contributed by atoms with E-state index in [9.17, 15) is 4.79 Å². The molecule has 122 valence electrons. The topological polar surface area (TPSA) is 26.3 Å². The van der Waals surface area contributed by atoms with Gasteiger partial charge in [0.15, 0.2) is 0 Å². The Bertz CT molecular complexity index is 1310. The molecule has 2 heterocycles. The van der Waals surface area contributed by atoms with Crippen LogP contribution in [0.2, 0.25) is 5.02 Å². The SMILES string of the molecule is COC(=O)c1sc2c3sc4ccccc4c3c3ccccc3c2c1Cl. The van der Waals surface area contributed by atoms with Crippen LogP contribution in [-0.4, -0.2) is 13.1 Å². The van der Waals surface area contributed by atoms with Crippen LogP contribution in [0.1, 0.15) is 9.67 Å². The fourth-order valence-corrected chi connectivity index (χ4v) is 6.36. The molecule has 2 aromatic heterocycles. The van der Waals surface area contributed by atoms with Crippen LogP contribution in [0, 0.1) is 0 Å². The number of carbonyl (C=O) groups excluding carboxylic acids is 1. The first-order chi connectivity index (χ1) is 12.2. The number of thiophene rings is 2. The number of hydrogen-bond donors (Lipinski definition) is 0. The molecule has 0 unspecified atom stereocenters. The molecule has 3 aromatic carbocycles. The second kappa shape index (κ2) is 5.43.